The minimum atomic E-state index is -0.997. The van der Waals surface area contributed by atoms with Crippen LogP contribution in [0.5, 0.6) is 0 Å². The SMILES string of the molecule is CC[C@@H](O)[C@@H](O)[C@H](O)CCC(C)C. The van der Waals surface area contributed by atoms with Crippen molar-refractivity contribution in [1.29, 1.82) is 0 Å². The minimum absolute atomic E-state index is 0.472. The summed E-state index contributed by atoms with van der Waals surface area (Å²) in [6.07, 6.45) is -0.701. The van der Waals surface area contributed by atoms with E-state index in [1.807, 2.05) is 0 Å². The Bertz CT molecular complexity index is 125. The molecule has 0 aromatic rings. The summed E-state index contributed by atoms with van der Waals surface area (Å²) in [6, 6.07) is 0. The highest BCUT2D eigenvalue weighted by Crippen LogP contribution is 2.12. The third kappa shape index (κ3) is 5.24. The molecule has 3 nitrogen and oxygen atoms in total. The quantitative estimate of drug-likeness (QED) is 0.583. The van der Waals surface area contributed by atoms with E-state index in [1.54, 1.807) is 6.92 Å². The largest absolute Gasteiger partial charge is 0.390 e. The van der Waals surface area contributed by atoms with Gasteiger partial charge in [0.25, 0.3) is 0 Å². The van der Waals surface area contributed by atoms with Crippen LogP contribution in [0, 0.1) is 5.92 Å². The van der Waals surface area contributed by atoms with E-state index in [0.717, 1.165) is 6.42 Å². The van der Waals surface area contributed by atoms with Gasteiger partial charge in [0, 0.05) is 0 Å². The zero-order valence-corrected chi connectivity index (χ0v) is 8.77. The van der Waals surface area contributed by atoms with Crippen molar-refractivity contribution in [3.63, 3.8) is 0 Å². The second kappa shape index (κ2) is 6.35. The topological polar surface area (TPSA) is 60.7 Å². The first-order valence-corrected chi connectivity index (χ1v) is 5.03. The minimum Gasteiger partial charge on any atom is -0.390 e. The van der Waals surface area contributed by atoms with Gasteiger partial charge in [-0.05, 0) is 25.2 Å². The van der Waals surface area contributed by atoms with E-state index in [2.05, 4.69) is 13.8 Å². The second-order valence-electron chi connectivity index (χ2n) is 4.00. The Morgan fingerprint density at radius 1 is 0.923 bits per heavy atom. The summed E-state index contributed by atoms with van der Waals surface area (Å²) in [6.45, 7) is 5.91. The van der Waals surface area contributed by atoms with Gasteiger partial charge in [0.05, 0.1) is 12.2 Å². The lowest BCUT2D eigenvalue weighted by molar-refractivity contribution is -0.0637. The van der Waals surface area contributed by atoms with E-state index in [9.17, 15) is 15.3 Å². The van der Waals surface area contributed by atoms with Crippen molar-refractivity contribution in [2.45, 2.75) is 58.3 Å². The van der Waals surface area contributed by atoms with E-state index in [4.69, 9.17) is 0 Å². The predicted octanol–water partition coefficient (Wildman–Crippen LogP) is 0.915. The Labute approximate surface area is 80.4 Å². The Balaban J connectivity index is 3.74. The highest BCUT2D eigenvalue weighted by Gasteiger charge is 2.22. The van der Waals surface area contributed by atoms with Crippen LogP contribution in [0.15, 0.2) is 0 Å². The lowest BCUT2D eigenvalue weighted by atomic mass is 9.98. The number of aliphatic hydroxyl groups is 3. The molecule has 0 amide bonds. The highest BCUT2D eigenvalue weighted by atomic mass is 16.4. The molecule has 0 saturated carbocycles. The molecule has 0 saturated heterocycles. The predicted molar refractivity (Wildman–Crippen MR) is 52.4 cm³/mol. The second-order valence-corrected chi connectivity index (χ2v) is 4.00. The normalized spacial score (nSPS) is 18.7. The van der Waals surface area contributed by atoms with Gasteiger partial charge in [0.1, 0.15) is 6.10 Å². The van der Waals surface area contributed by atoms with Crippen LogP contribution >= 0.6 is 0 Å². The average Bonchev–Trinajstić information content (AvgIpc) is 2.11. The standard InChI is InChI=1S/C10H22O3/c1-4-8(11)10(13)9(12)6-5-7(2)3/h7-13H,4-6H2,1-3H3/t8-,9-,10-/m1/s1. The number of rotatable bonds is 6. The van der Waals surface area contributed by atoms with Crippen molar-refractivity contribution < 1.29 is 15.3 Å². The van der Waals surface area contributed by atoms with Gasteiger partial charge in [0.15, 0.2) is 0 Å². The zero-order valence-electron chi connectivity index (χ0n) is 8.77. The summed E-state index contributed by atoms with van der Waals surface area (Å²) in [5.74, 6) is 0.514. The molecule has 3 heteroatoms. The van der Waals surface area contributed by atoms with Crippen LogP contribution in [0.2, 0.25) is 0 Å². The fraction of sp³-hybridized carbons (Fsp3) is 1.00. The summed E-state index contributed by atoms with van der Waals surface area (Å²) in [7, 11) is 0. The fourth-order valence-electron chi connectivity index (χ4n) is 1.17. The molecule has 80 valence electrons. The molecule has 0 fully saturated rings. The lowest BCUT2D eigenvalue weighted by Gasteiger charge is -2.22. The Hall–Kier alpha value is -0.120. The van der Waals surface area contributed by atoms with E-state index in [-0.39, 0.29) is 0 Å². The molecule has 0 aromatic carbocycles. The van der Waals surface area contributed by atoms with Crippen molar-refractivity contribution in [2.24, 2.45) is 5.92 Å². The maximum atomic E-state index is 9.46. The molecule has 0 aliphatic carbocycles. The summed E-state index contributed by atoms with van der Waals surface area (Å²) in [4.78, 5) is 0. The van der Waals surface area contributed by atoms with E-state index in [0.29, 0.717) is 18.8 Å². The first-order valence-electron chi connectivity index (χ1n) is 5.03. The molecule has 0 aromatic heterocycles. The van der Waals surface area contributed by atoms with Crippen LogP contribution in [-0.2, 0) is 0 Å². The van der Waals surface area contributed by atoms with Crippen molar-refractivity contribution in [1.82, 2.24) is 0 Å². The molecule has 13 heavy (non-hydrogen) atoms. The lowest BCUT2D eigenvalue weighted by Crippen LogP contribution is -2.37. The number of aliphatic hydroxyl groups excluding tert-OH is 3. The zero-order chi connectivity index (χ0) is 10.4. The molecule has 3 N–H and O–H groups in total. The molecular weight excluding hydrogens is 168 g/mol. The molecule has 0 radical (unpaired) electrons. The van der Waals surface area contributed by atoms with Gasteiger partial charge in [-0.1, -0.05) is 20.8 Å². The summed E-state index contributed by atoms with van der Waals surface area (Å²) in [5.41, 5.74) is 0. The van der Waals surface area contributed by atoms with Gasteiger partial charge < -0.3 is 15.3 Å². The van der Waals surface area contributed by atoms with E-state index >= 15 is 0 Å². The Morgan fingerprint density at radius 2 is 1.46 bits per heavy atom. The highest BCUT2D eigenvalue weighted by molar-refractivity contribution is 4.74. The monoisotopic (exact) mass is 190 g/mol. The van der Waals surface area contributed by atoms with Gasteiger partial charge in [-0.3, -0.25) is 0 Å². The van der Waals surface area contributed by atoms with Crippen molar-refractivity contribution in [3.05, 3.63) is 0 Å². The summed E-state index contributed by atoms with van der Waals surface area (Å²) < 4.78 is 0. The molecule has 0 spiro atoms. The van der Waals surface area contributed by atoms with Gasteiger partial charge in [0.2, 0.25) is 0 Å². The van der Waals surface area contributed by atoms with E-state index < -0.39 is 18.3 Å². The maximum Gasteiger partial charge on any atom is 0.106 e. The van der Waals surface area contributed by atoms with Crippen LogP contribution < -0.4 is 0 Å². The van der Waals surface area contributed by atoms with Gasteiger partial charge in [-0.2, -0.15) is 0 Å². The van der Waals surface area contributed by atoms with Crippen molar-refractivity contribution in [2.75, 3.05) is 0 Å². The van der Waals surface area contributed by atoms with Crippen LogP contribution in [0.1, 0.15) is 40.0 Å². The van der Waals surface area contributed by atoms with Crippen molar-refractivity contribution in [3.8, 4) is 0 Å². The average molecular weight is 190 g/mol. The molecule has 0 aliphatic rings. The smallest absolute Gasteiger partial charge is 0.106 e. The third-order valence-corrected chi connectivity index (χ3v) is 2.25. The molecule has 0 heterocycles. The molecule has 0 rings (SSSR count). The summed E-state index contributed by atoms with van der Waals surface area (Å²) >= 11 is 0. The summed E-state index contributed by atoms with van der Waals surface area (Å²) in [5, 5.41) is 28.1. The molecule has 0 bridgehead atoms. The van der Waals surface area contributed by atoms with Gasteiger partial charge in [-0.25, -0.2) is 0 Å². The Morgan fingerprint density at radius 3 is 1.85 bits per heavy atom. The van der Waals surface area contributed by atoms with Gasteiger partial charge >= 0.3 is 0 Å². The molecule has 3 atom stereocenters. The maximum absolute atomic E-state index is 9.46. The fourth-order valence-corrected chi connectivity index (χ4v) is 1.17. The number of hydrogen-bond acceptors (Lipinski definition) is 3. The van der Waals surface area contributed by atoms with Crippen LogP contribution in [0.4, 0.5) is 0 Å². The van der Waals surface area contributed by atoms with Crippen molar-refractivity contribution >= 4 is 0 Å². The van der Waals surface area contributed by atoms with Crippen LogP contribution in [0.25, 0.3) is 0 Å². The first kappa shape index (κ1) is 12.9. The van der Waals surface area contributed by atoms with Crippen LogP contribution in [-0.4, -0.2) is 33.6 Å². The Kier molecular flexibility index (Phi) is 6.29. The molecule has 0 aliphatic heterocycles. The molecule has 0 unspecified atom stereocenters. The van der Waals surface area contributed by atoms with Gasteiger partial charge in [-0.15, -0.1) is 0 Å². The van der Waals surface area contributed by atoms with E-state index in [1.165, 1.54) is 0 Å². The van der Waals surface area contributed by atoms with Crippen LogP contribution in [0.3, 0.4) is 0 Å². The first-order chi connectivity index (χ1) is 5.99. The number of hydrogen-bond donors (Lipinski definition) is 3. The molecular formula is C10H22O3. The third-order valence-electron chi connectivity index (χ3n) is 2.25.